The molecule has 0 bridgehead atoms. The minimum atomic E-state index is -4.76. The van der Waals surface area contributed by atoms with E-state index in [1.807, 2.05) is 6.92 Å². The second-order valence-electron chi connectivity index (χ2n) is 8.53. The summed E-state index contributed by atoms with van der Waals surface area (Å²) in [5, 5.41) is 1.53. The van der Waals surface area contributed by atoms with Gasteiger partial charge in [0.05, 0.1) is 11.6 Å². The Kier molecular flexibility index (Phi) is 6.50. The van der Waals surface area contributed by atoms with Gasteiger partial charge in [-0.1, -0.05) is 13.8 Å². The lowest BCUT2D eigenvalue weighted by Gasteiger charge is -2.21. The van der Waals surface area contributed by atoms with Crippen molar-refractivity contribution < 1.29 is 31.5 Å². The summed E-state index contributed by atoms with van der Waals surface area (Å²) in [5.41, 5.74) is -1.91. The summed E-state index contributed by atoms with van der Waals surface area (Å²) in [6.45, 7) is 3.42. The molecule has 3 aromatic heterocycles. The van der Waals surface area contributed by atoms with Crippen molar-refractivity contribution in [3.8, 4) is 5.82 Å². The van der Waals surface area contributed by atoms with E-state index in [9.17, 15) is 36.3 Å². The van der Waals surface area contributed by atoms with Gasteiger partial charge in [0.1, 0.15) is 23.2 Å². The van der Waals surface area contributed by atoms with Gasteiger partial charge in [0, 0.05) is 25.2 Å². The third kappa shape index (κ3) is 4.64. The van der Waals surface area contributed by atoms with E-state index >= 15 is 0 Å². The van der Waals surface area contributed by atoms with Crippen LogP contribution >= 0.6 is 0 Å². The van der Waals surface area contributed by atoms with Gasteiger partial charge in [-0.05, 0) is 24.5 Å². The van der Waals surface area contributed by atoms with E-state index in [0.717, 1.165) is 10.8 Å². The van der Waals surface area contributed by atoms with Crippen LogP contribution in [0.2, 0.25) is 0 Å². The van der Waals surface area contributed by atoms with Gasteiger partial charge >= 0.3 is 6.18 Å². The first-order chi connectivity index (χ1) is 16.9. The molecule has 2 atom stereocenters. The summed E-state index contributed by atoms with van der Waals surface area (Å²) >= 11 is 0. The van der Waals surface area contributed by atoms with Crippen LogP contribution in [0.15, 0.2) is 35.4 Å². The molecule has 0 spiro atoms. The molecule has 2 amide bonds. The number of pyridine rings is 3. The highest BCUT2D eigenvalue weighted by Crippen LogP contribution is 2.27. The number of nitrogens with one attached hydrogen (secondary N) is 1. The Morgan fingerprint density at radius 2 is 1.97 bits per heavy atom. The fourth-order valence-corrected chi connectivity index (χ4v) is 4.01. The van der Waals surface area contributed by atoms with E-state index in [-0.39, 0.29) is 35.1 Å². The summed E-state index contributed by atoms with van der Waals surface area (Å²) in [7, 11) is 0. The molecule has 0 radical (unpaired) electrons. The summed E-state index contributed by atoms with van der Waals surface area (Å²) in [6, 6.07) is 0.882. The average Bonchev–Trinajstić information content (AvgIpc) is 3.14. The summed E-state index contributed by atoms with van der Waals surface area (Å²) in [6.07, 6.45) is -3.48. The Hall–Kier alpha value is -3.90. The fraction of sp³-hybridized carbons (Fsp3) is 0.348. The van der Waals surface area contributed by atoms with E-state index in [1.54, 1.807) is 5.32 Å². The molecular weight excluding hydrogens is 489 g/mol. The van der Waals surface area contributed by atoms with Crippen molar-refractivity contribution in [2.24, 2.45) is 5.92 Å². The van der Waals surface area contributed by atoms with Gasteiger partial charge in [0.15, 0.2) is 17.3 Å². The average molecular weight is 509 g/mol. The normalized spacial score (nSPS) is 17.0. The van der Waals surface area contributed by atoms with Gasteiger partial charge in [-0.3, -0.25) is 23.9 Å². The van der Waals surface area contributed by atoms with Crippen molar-refractivity contribution in [1.82, 2.24) is 19.9 Å². The number of halogens is 5. The number of anilines is 1. The standard InChI is InChI=1S/C23H20F5N5O3/c1-3-16(23(26,27)28)30-22(36)14-10-33(21-15(25)7-12(24)8-29-21)20-13(19(14)35)4-5-17(31-20)32-9-11(2)6-18(32)34/h4-5,7-8,10-11,16H,3,6,9H2,1-2H3,(H,30,36)/t11?,16-/m0/s1. The van der Waals surface area contributed by atoms with Crippen LogP contribution in [0.25, 0.3) is 16.9 Å². The molecule has 3 aromatic rings. The third-order valence-corrected chi connectivity index (χ3v) is 5.80. The Balaban J connectivity index is 1.92. The quantitative estimate of drug-likeness (QED) is 0.531. The molecule has 36 heavy (non-hydrogen) atoms. The van der Waals surface area contributed by atoms with Gasteiger partial charge in [0.25, 0.3) is 5.91 Å². The third-order valence-electron chi connectivity index (χ3n) is 5.80. The van der Waals surface area contributed by atoms with Gasteiger partial charge in [-0.25, -0.2) is 18.7 Å². The molecule has 0 saturated carbocycles. The van der Waals surface area contributed by atoms with Crippen molar-refractivity contribution in [1.29, 1.82) is 0 Å². The van der Waals surface area contributed by atoms with Crippen LogP contribution in [0.5, 0.6) is 0 Å². The molecule has 1 aliphatic heterocycles. The highest BCUT2D eigenvalue weighted by Gasteiger charge is 2.40. The van der Waals surface area contributed by atoms with E-state index in [4.69, 9.17) is 0 Å². The van der Waals surface area contributed by atoms with Crippen LogP contribution in [-0.4, -0.2) is 45.1 Å². The number of carbonyl (C=O) groups excluding carboxylic acids is 2. The van der Waals surface area contributed by atoms with Crippen molar-refractivity contribution in [2.75, 3.05) is 11.4 Å². The number of alkyl halides is 3. The molecule has 1 saturated heterocycles. The number of hydrogen-bond donors (Lipinski definition) is 1. The SMILES string of the molecule is CC[C@H](NC(=O)c1cn(-c2ncc(F)cc2F)c2nc(N3CC(C)CC3=O)ccc2c1=O)C(F)(F)F. The number of carbonyl (C=O) groups is 2. The molecule has 8 nitrogen and oxygen atoms in total. The molecule has 4 heterocycles. The van der Waals surface area contributed by atoms with Crippen LogP contribution in [0.3, 0.4) is 0 Å². The summed E-state index contributed by atoms with van der Waals surface area (Å²) < 4.78 is 68.7. The Morgan fingerprint density at radius 1 is 1.25 bits per heavy atom. The maximum Gasteiger partial charge on any atom is 0.408 e. The minimum absolute atomic E-state index is 0.0413. The van der Waals surface area contributed by atoms with E-state index in [0.29, 0.717) is 18.8 Å². The molecule has 13 heteroatoms. The zero-order valence-corrected chi connectivity index (χ0v) is 19.1. The highest BCUT2D eigenvalue weighted by atomic mass is 19.4. The van der Waals surface area contributed by atoms with E-state index < -0.39 is 53.0 Å². The van der Waals surface area contributed by atoms with E-state index in [1.165, 1.54) is 24.0 Å². The van der Waals surface area contributed by atoms with Crippen molar-refractivity contribution in [2.45, 2.75) is 38.9 Å². The smallest absolute Gasteiger partial charge is 0.340 e. The maximum atomic E-state index is 14.7. The minimum Gasteiger partial charge on any atom is -0.340 e. The van der Waals surface area contributed by atoms with Crippen LogP contribution in [0.4, 0.5) is 27.8 Å². The van der Waals surface area contributed by atoms with Crippen molar-refractivity contribution in [3.63, 3.8) is 0 Å². The van der Waals surface area contributed by atoms with Crippen LogP contribution in [0.1, 0.15) is 37.0 Å². The predicted octanol–water partition coefficient (Wildman–Crippen LogP) is 3.50. The Morgan fingerprint density at radius 3 is 2.56 bits per heavy atom. The topological polar surface area (TPSA) is 97.2 Å². The lowest BCUT2D eigenvalue weighted by molar-refractivity contribution is -0.153. The fourth-order valence-electron chi connectivity index (χ4n) is 4.01. The number of hydrogen-bond acceptors (Lipinski definition) is 5. The van der Waals surface area contributed by atoms with Crippen molar-refractivity contribution >= 4 is 28.7 Å². The van der Waals surface area contributed by atoms with Crippen molar-refractivity contribution in [3.05, 3.63) is 58.0 Å². The molecule has 190 valence electrons. The molecular formula is C23H20F5N5O3. The number of amides is 2. The van der Waals surface area contributed by atoms with Crippen LogP contribution < -0.4 is 15.6 Å². The monoisotopic (exact) mass is 509 g/mol. The number of aromatic nitrogens is 3. The molecule has 0 aromatic carbocycles. The number of rotatable bonds is 5. The zero-order valence-electron chi connectivity index (χ0n) is 19.1. The Bertz CT molecular complexity index is 1420. The molecule has 1 aliphatic rings. The zero-order chi connectivity index (χ0) is 26.4. The lowest BCUT2D eigenvalue weighted by atomic mass is 10.1. The molecule has 0 aliphatic carbocycles. The van der Waals surface area contributed by atoms with Gasteiger partial charge < -0.3 is 5.32 Å². The lowest BCUT2D eigenvalue weighted by Crippen LogP contribution is -2.46. The first-order valence-electron chi connectivity index (χ1n) is 11.0. The summed E-state index contributed by atoms with van der Waals surface area (Å²) in [4.78, 5) is 47.6. The van der Waals surface area contributed by atoms with Gasteiger partial charge in [0.2, 0.25) is 11.3 Å². The van der Waals surface area contributed by atoms with E-state index in [2.05, 4.69) is 9.97 Å². The predicted molar refractivity (Wildman–Crippen MR) is 119 cm³/mol. The second-order valence-corrected chi connectivity index (χ2v) is 8.53. The molecule has 1 N–H and O–H groups in total. The number of fused-ring (bicyclic) bond motifs is 1. The largest absolute Gasteiger partial charge is 0.408 e. The van der Waals surface area contributed by atoms with Crippen LogP contribution in [0, 0.1) is 17.6 Å². The second kappa shape index (κ2) is 9.28. The van der Waals surface area contributed by atoms with Gasteiger partial charge in [-0.2, -0.15) is 13.2 Å². The molecule has 1 fully saturated rings. The number of nitrogens with zero attached hydrogens (tertiary/aromatic N) is 4. The first kappa shape index (κ1) is 25.2. The Labute approximate surface area is 200 Å². The van der Waals surface area contributed by atoms with Crippen LogP contribution in [-0.2, 0) is 4.79 Å². The highest BCUT2D eigenvalue weighted by molar-refractivity contribution is 5.98. The first-order valence-corrected chi connectivity index (χ1v) is 11.0. The molecule has 4 rings (SSSR count). The molecule has 1 unspecified atom stereocenters. The summed E-state index contributed by atoms with van der Waals surface area (Å²) in [5.74, 6) is -4.10. The maximum absolute atomic E-state index is 14.7. The van der Waals surface area contributed by atoms with Gasteiger partial charge in [-0.15, -0.1) is 0 Å².